The molecule has 0 aromatic heterocycles. The first-order valence-electron chi connectivity index (χ1n) is 14.1. The molecule has 7 atom stereocenters. The van der Waals surface area contributed by atoms with E-state index in [4.69, 9.17) is 0 Å². The molecule has 4 saturated carbocycles. The maximum Gasteiger partial charge on any atom is 0.281 e. The number of β-amino-alcohol motifs (C(OH)–C–C–N with tert-alkyl or cyclic N) is 1. The van der Waals surface area contributed by atoms with Crippen LogP contribution in [0.5, 0.6) is 0 Å². The molecule has 0 amide bonds. The summed E-state index contributed by atoms with van der Waals surface area (Å²) in [6.07, 6.45) is 9.28. The fraction of sp³-hybridized carbons (Fsp3) is 0.963. The average Bonchev–Trinajstić information content (AvgIpc) is 3.14. The molecule has 0 aromatic rings. The Morgan fingerprint density at radius 1 is 1.00 bits per heavy atom. The Morgan fingerprint density at radius 2 is 1.71 bits per heavy atom. The lowest BCUT2D eigenvalue weighted by molar-refractivity contribution is -0.157. The summed E-state index contributed by atoms with van der Waals surface area (Å²) in [5, 5.41) is 11.7. The molecular formula is C27H47N3O4S. The van der Waals surface area contributed by atoms with E-state index >= 15 is 0 Å². The first-order valence-corrected chi connectivity index (χ1v) is 15.5. The number of ketones is 1. The smallest absolute Gasteiger partial charge is 0.281 e. The predicted octanol–water partition coefficient (Wildman–Crippen LogP) is 3.14. The van der Waals surface area contributed by atoms with Crippen LogP contribution in [0.4, 0.5) is 0 Å². The number of Topliss-reactive ketones (excluding diaryl/α,β-unsaturated/α-hetero) is 1. The first-order chi connectivity index (χ1) is 16.4. The van der Waals surface area contributed by atoms with Crippen LogP contribution in [0.15, 0.2) is 0 Å². The van der Waals surface area contributed by atoms with Crippen LogP contribution in [-0.4, -0.2) is 84.7 Å². The van der Waals surface area contributed by atoms with Crippen molar-refractivity contribution in [2.24, 2.45) is 34.5 Å². The Morgan fingerprint density at radius 3 is 2.40 bits per heavy atom. The standard InChI is InChI=1S/C27H47N3O4S/c1-5-28(4)35(33,34)30-16-14-29(15-17-30)19-27(32)13-12-25(2)20(18-27)6-7-21-22-8-9-24(31)26(22,3)11-10-23(21)25/h20-23,32H,5-19H2,1-4H3/t20-,21-,22-,23-,25-,26-,27+/m0/s1. The second-order valence-corrected chi connectivity index (χ2v) is 15.1. The van der Waals surface area contributed by atoms with Crippen molar-refractivity contribution >= 4 is 16.0 Å². The van der Waals surface area contributed by atoms with Gasteiger partial charge < -0.3 is 5.11 Å². The monoisotopic (exact) mass is 509 g/mol. The normalized spacial score (nSPS) is 45.3. The number of nitrogens with zero attached hydrogens (tertiary/aromatic N) is 3. The lowest BCUT2D eigenvalue weighted by Crippen LogP contribution is -2.59. The summed E-state index contributed by atoms with van der Waals surface area (Å²) in [4.78, 5) is 15.0. The molecule has 7 nitrogen and oxygen atoms in total. The largest absolute Gasteiger partial charge is 0.389 e. The molecule has 5 fully saturated rings. The van der Waals surface area contributed by atoms with Gasteiger partial charge in [0.15, 0.2) is 0 Å². The van der Waals surface area contributed by atoms with Gasteiger partial charge in [0.1, 0.15) is 5.78 Å². The van der Waals surface area contributed by atoms with Crippen molar-refractivity contribution < 1.29 is 18.3 Å². The van der Waals surface area contributed by atoms with Gasteiger partial charge in [0.2, 0.25) is 0 Å². The summed E-state index contributed by atoms with van der Waals surface area (Å²) in [5.74, 6) is 3.01. The van der Waals surface area contributed by atoms with E-state index in [1.54, 1.807) is 11.4 Å². The Kier molecular flexibility index (Phi) is 6.73. The van der Waals surface area contributed by atoms with Gasteiger partial charge in [0, 0.05) is 58.2 Å². The van der Waals surface area contributed by atoms with E-state index in [0.29, 0.717) is 68.7 Å². The summed E-state index contributed by atoms with van der Waals surface area (Å²) < 4.78 is 28.3. The Bertz CT molecular complexity index is 935. The lowest BCUT2D eigenvalue weighted by Gasteiger charge is -2.61. The fourth-order valence-corrected chi connectivity index (χ4v) is 10.5. The SMILES string of the molecule is CCN(C)S(=O)(=O)N1CCN(C[C@@]2(O)CC[C@@]3(C)[C@@H](CC[C@@H]4[C@@H]3CC[C@]3(C)C(=O)CC[C@@H]43)C2)CC1. The molecule has 200 valence electrons. The number of fused-ring (bicyclic) bond motifs is 5. The van der Waals surface area contributed by atoms with E-state index in [-0.39, 0.29) is 10.8 Å². The Balaban J connectivity index is 1.21. The van der Waals surface area contributed by atoms with Gasteiger partial charge in [-0.2, -0.15) is 17.0 Å². The number of carbonyl (C=O) groups excluding carboxylic acids is 1. The van der Waals surface area contributed by atoms with E-state index in [0.717, 1.165) is 38.5 Å². The molecule has 35 heavy (non-hydrogen) atoms. The third kappa shape index (κ3) is 4.23. The molecule has 8 heteroatoms. The van der Waals surface area contributed by atoms with Crippen LogP contribution in [0.2, 0.25) is 0 Å². The van der Waals surface area contributed by atoms with Crippen LogP contribution in [0.25, 0.3) is 0 Å². The molecule has 0 aromatic carbocycles. The predicted molar refractivity (Wildman–Crippen MR) is 137 cm³/mol. The number of piperazine rings is 1. The van der Waals surface area contributed by atoms with Crippen molar-refractivity contribution in [1.82, 2.24) is 13.5 Å². The van der Waals surface area contributed by atoms with Crippen molar-refractivity contribution in [1.29, 1.82) is 0 Å². The van der Waals surface area contributed by atoms with Crippen molar-refractivity contribution in [3.63, 3.8) is 0 Å². The van der Waals surface area contributed by atoms with E-state index in [9.17, 15) is 18.3 Å². The zero-order valence-electron chi connectivity index (χ0n) is 22.3. The quantitative estimate of drug-likeness (QED) is 0.616. The number of rotatable bonds is 5. The third-order valence-electron chi connectivity index (χ3n) is 11.5. The highest BCUT2D eigenvalue weighted by atomic mass is 32.2. The van der Waals surface area contributed by atoms with E-state index in [1.807, 2.05) is 6.92 Å². The van der Waals surface area contributed by atoms with Gasteiger partial charge in [0.25, 0.3) is 10.2 Å². The summed E-state index contributed by atoms with van der Waals surface area (Å²) in [7, 11) is -1.74. The third-order valence-corrected chi connectivity index (χ3v) is 13.6. The molecule has 0 radical (unpaired) electrons. The molecule has 5 rings (SSSR count). The second-order valence-electron chi connectivity index (χ2n) is 13.1. The summed E-state index contributed by atoms with van der Waals surface area (Å²) in [6, 6.07) is 0. The number of hydrogen-bond acceptors (Lipinski definition) is 5. The van der Waals surface area contributed by atoms with Gasteiger partial charge in [-0.25, -0.2) is 0 Å². The minimum atomic E-state index is -3.38. The van der Waals surface area contributed by atoms with E-state index in [1.165, 1.54) is 23.6 Å². The number of carbonyl (C=O) groups is 1. The van der Waals surface area contributed by atoms with Crippen molar-refractivity contribution in [3.8, 4) is 0 Å². The summed E-state index contributed by atoms with van der Waals surface area (Å²) in [6.45, 7) is 10.1. The second kappa shape index (κ2) is 9.04. The van der Waals surface area contributed by atoms with Gasteiger partial charge in [0.05, 0.1) is 5.60 Å². The van der Waals surface area contributed by atoms with Gasteiger partial charge in [-0.1, -0.05) is 20.8 Å². The van der Waals surface area contributed by atoms with Gasteiger partial charge in [-0.3, -0.25) is 9.69 Å². The number of hydrogen-bond donors (Lipinski definition) is 1. The highest BCUT2D eigenvalue weighted by molar-refractivity contribution is 7.86. The Labute approximate surface area is 212 Å². The average molecular weight is 510 g/mol. The van der Waals surface area contributed by atoms with Crippen molar-refractivity contribution in [2.75, 3.05) is 46.3 Å². The lowest BCUT2D eigenvalue weighted by atomic mass is 9.44. The van der Waals surface area contributed by atoms with Crippen LogP contribution < -0.4 is 0 Å². The van der Waals surface area contributed by atoms with E-state index < -0.39 is 15.8 Å². The zero-order chi connectivity index (χ0) is 25.2. The highest BCUT2D eigenvalue weighted by Crippen LogP contribution is 2.66. The van der Waals surface area contributed by atoms with Crippen LogP contribution in [0, 0.1) is 34.5 Å². The molecule has 1 saturated heterocycles. The molecule has 4 aliphatic carbocycles. The zero-order valence-corrected chi connectivity index (χ0v) is 23.2. The molecule has 1 N–H and O–H groups in total. The van der Waals surface area contributed by atoms with Gasteiger partial charge in [-0.05, 0) is 80.5 Å². The van der Waals surface area contributed by atoms with Gasteiger partial charge in [-0.15, -0.1) is 0 Å². The minimum absolute atomic E-state index is 0.0681. The molecule has 1 heterocycles. The fourth-order valence-electron chi connectivity index (χ4n) is 9.13. The minimum Gasteiger partial charge on any atom is -0.389 e. The molecular weight excluding hydrogens is 462 g/mol. The molecule has 0 unspecified atom stereocenters. The van der Waals surface area contributed by atoms with Gasteiger partial charge >= 0.3 is 0 Å². The Hall–Kier alpha value is -0.540. The molecule has 0 spiro atoms. The van der Waals surface area contributed by atoms with Crippen LogP contribution in [0.1, 0.15) is 78.6 Å². The van der Waals surface area contributed by atoms with Crippen LogP contribution >= 0.6 is 0 Å². The molecule has 5 aliphatic rings. The van der Waals surface area contributed by atoms with Crippen LogP contribution in [-0.2, 0) is 15.0 Å². The molecule has 0 bridgehead atoms. The van der Waals surface area contributed by atoms with Crippen LogP contribution in [0.3, 0.4) is 0 Å². The number of aliphatic hydroxyl groups is 1. The topological polar surface area (TPSA) is 81.2 Å². The maximum absolute atomic E-state index is 12.7. The first kappa shape index (κ1) is 26.1. The maximum atomic E-state index is 12.7. The summed E-state index contributed by atoms with van der Waals surface area (Å²) >= 11 is 0. The molecule has 1 aliphatic heterocycles. The highest BCUT2D eigenvalue weighted by Gasteiger charge is 2.61. The van der Waals surface area contributed by atoms with E-state index in [2.05, 4.69) is 18.7 Å². The van der Waals surface area contributed by atoms with Crippen molar-refractivity contribution in [3.05, 3.63) is 0 Å². The van der Waals surface area contributed by atoms with Crippen molar-refractivity contribution in [2.45, 2.75) is 84.2 Å². The summed E-state index contributed by atoms with van der Waals surface area (Å²) in [5.41, 5.74) is -0.467.